The first-order valence-corrected chi connectivity index (χ1v) is 9.52. The summed E-state index contributed by atoms with van der Waals surface area (Å²) in [6, 6.07) is 6.00. The highest BCUT2D eigenvalue weighted by atomic mass is 32.1. The Balaban J connectivity index is 1.60. The molecule has 0 unspecified atom stereocenters. The fourth-order valence-corrected chi connectivity index (χ4v) is 3.69. The van der Waals surface area contributed by atoms with E-state index in [9.17, 15) is 4.79 Å². The number of hydrazone groups is 1. The molecule has 6 nitrogen and oxygen atoms in total. The number of amides is 1. The van der Waals surface area contributed by atoms with Crippen LogP contribution in [-0.4, -0.2) is 29.4 Å². The molecule has 7 heteroatoms. The summed E-state index contributed by atoms with van der Waals surface area (Å²) in [5.41, 5.74) is 5.28. The molecule has 0 aromatic heterocycles. The highest BCUT2D eigenvalue weighted by Gasteiger charge is 2.27. The zero-order chi connectivity index (χ0) is 18.7. The van der Waals surface area contributed by atoms with Gasteiger partial charge in [-0.05, 0) is 61.2 Å². The van der Waals surface area contributed by atoms with E-state index in [4.69, 9.17) is 17.0 Å². The molecule has 0 bridgehead atoms. The molecule has 26 heavy (non-hydrogen) atoms. The van der Waals surface area contributed by atoms with Crippen molar-refractivity contribution >= 4 is 34.6 Å². The lowest BCUT2D eigenvalue weighted by Gasteiger charge is -2.35. The van der Waals surface area contributed by atoms with Crippen molar-refractivity contribution < 1.29 is 9.53 Å². The highest BCUT2D eigenvalue weighted by molar-refractivity contribution is 7.80. The molecule has 3 N–H and O–H groups in total. The van der Waals surface area contributed by atoms with Crippen LogP contribution in [0.1, 0.15) is 45.6 Å². The Morgan fingerprint density at radius 2 is 2.15 bits per heavy atom. The molecule has 1 aliphatic carbocycles. The number of nitrogens with zero attached hydrogens (tertiary/aromatic N) is 1. The fraction of sp³-hybridized carbons (Fsp3) is 0.526. The van der Waals surface area contributed by atoms with Crippen LogP contribution in [0.5, 0.6) is 5.75 Å². The average Bonchev–Trinajstić information content (AvgIpc) is 2.63. The molecule has 0 radical (unpaired) electrons. The van der Waals surface area contributed by atoms with E-state index in [1.807, 2.05) is 25.1 Å². The Morgan fingerprint density at radius 3 is 2.96 bits per heavy atom. The molecule has 1 aromatic rings. The first-order valence-electron chi connectivity index (χ1n) is 9.12. The molecule has 0 spiro atoms. The monoisotopic (exact) mass is 374 g/mol. The van der Waals surface area contributed by atoms with Crippen LogP contribution < -0.4 is 20.8 Å². The molecule has 1 fully saturated rings. The number of thiocarbonyl (C=S) groups is 1. The summed E-state index contributed by atoms with van der Waals surface area (Å²) in [6.45, 7) is 6.53. The topological polar surface area (TPSA) is 74.8 Å². The third kappa shape index (κ3) is 4.33. The van der Waals surface area contributed by atoms with Crippen LogP contribution in [0.15, 0.2) is 23.3 Å². The predicted molar refractivity (Wildman–Crippen MR) is 108 cm³/mol. The number of hydrogen-bond donors (Lipinski definition) is 3. The molecule has 3 atom stereocenters. The summed E-state index contributed by atoms with van der Waals surface area (Å²) in [4.78, 5) is 11.5. The first kappa shape index (κ1) is 18.6. The second-order valence-electron chi connectivity index (χ2n) is 7.20. The largest absolute Gasteiger partial charge is 0.482 e. The van der Waals surface area contributed by atoms with Crippen molar-refractivity contribution in [2.45, 2.75) is 46.1 Å². The normalized spacial score (nSPS) is 25.6. The minimum atomic E-state index is -0.149. The van der Waals surface area contributed by atoms with Crippen LogP contribution in [-0.2, 0) is 4.79 Å². The summed E-state index contributed by atoms with van der Waals surface area (Å²) in [5.74, 6) is 1.83. The lowest BCUT2D eigenvalue weighted by Crippen LogP contribution is -2.46. The zero-order valence-electron chi connectivity index (χ0n) is 15.5. The third-order valence-electron chi connectivity index (χ3n) is 5.38. The summed E-state index contributed by atoms with van der Waals surface area (Å²) in [6.07, 6.45) is 3.66. The van der Waals surface area contributed by atoms with Gasteiger partial charge in [-0.25, -0.2) is 0 Å². The summed E-state index contributed by atoms with van der Waals surface area (Å²) in [5, 5.41) is 11.1. The van der Waals surface area contributed by atoms with E-state index >= 15 is 0 Å². The second kappa shape index (κ2) is 8.03. The standard InChI is InChI=1S/C19H26N4O2S/c1-11-5-4-6-15(12(11)2)21-19(26)23-22-13(3)14-7-8-17-16(9-14)20-18(24)10-25-17/h7-9,11-12,15H,4-6,10H2,1-3H3,(H,20,24)(H2,21,23,26)/b22-13-/t11-,12-,15+/m1/s1. The van der Waals surface area contributed by atoms with Crippen molar-refractivity contribution in [1.29, 1.82) is 0 Å². The van der Waals surface area contributed by atoms with Gasteiger partial charge in [-0.15, -0.1) is 0 Å². The number of carbonyl (C=O) groups is 1. The van der Waals surface area contributed by atoms with Crippen molar-refractivity contribution in [2.75, 3.05) is 11.9 Å². The lowest BCUT2D eigenvalue weighted by molar-refractivity contribution is -0.118. The number of rotatable bonds is 3. The maximum absolute atomic E-state index is 11.5. The number of benzene rings is 1. The molecule has 2 aliphatic rings. The molecule has 1 aliphatic heterocycles. The maximum Gasteiger partial charge on any atom is 0.262 e. The Bertz CT molecular complexity index is 734. The molecule has 1 saturated carbocycles. The van der Waals surface area contributed by atoms with Gasteiger partial charge in [0.05, 0.1) is 11.4 Å². The van der Waals surface area contributed by atoms with E-state index in [0.717, 1.165) is 17.7 Å². The van der Waals surface area contributed by atoms with Crippen molar-refractivity contribution in [3.8, 4) is 5.75 Å². The number of ether oxygens (including phenoxy) is 1. The van der Waals surface area contributed by atoms with Gasteiger partial charge in [0.1, 0.15) is 5.75 Å². The van der Waals surface area contributed by atoms with Gasteiger partial charge in [0.2, 0.25) is 0 Å². The van der Waals surface area contributed by atoms with Gasteiger partial charge in [-0.1, -0.05) is 26.7 Å². The summed E-state index contributed by atoms with van der Waals surface area (Å²) in [7, 11) is 0. The van der Waals surface area contributed by atoms with Crippen LogP contribution in [0.2, 0.25) is 0 Å². The maximum atomic E-state index is 11.5. The lowest BCUT2D eigenvalue weighted by atomic mass is 9.78. The summed E-state index contributed by atoms with van der Waals surface area (Å²) >= 11 is 5.40. The van der Waals surface area contributed by atoms with Crippen LogP contribution >= 0.6 is 12.2 Å². The Hall–Kier alpha value is -2.15. The average molecular weight is 375 g/mol. The molecular formula is C19H26N4O2S. The fourth-order valence-electron chi connectivity index (χ4n) is 3.49. The van der Waals surface area contributed by atoms with E-state index in [2.05, 4.69) is 35.0 Å². The van der Waals surface area contributed by atoms with E-state index in [-0.39, 0.29) is 12.5 Å². The SMILES string of the molecule is C/C(=N/NC(=S)N[C@H]1CCC[C@@H](C)[C@H]1C)c1ccc2c(c1)NC(=O)CO2. The number of hydrogen-bond acceptors (Lipinski definition) is 4. The van der Waals surface area contributed by atoms with Crippen LogP contribution in [0, 0.1) is 11.8 Å². The van der Waals surface area contributed by atoms with Crippen molar-refractivity contribution in [3.63, 3.8) is 0 Å². The molecule has 3 rings (SSSR count). The van der Waals surface area contributed by atoms with E-state index in [1.54, 1.807) is 0 Å². The quantitative estimate of drug-likeness (QED) is 0.431. The van der Waals surface area contributed by atoms with Gasteiger partial charge >= 0.3 is 0 Å². The molecule has 1 amide bonds. The van der Waals surface area contributed by atoms with Crippen molar-refractivity contribution in [1.82, 2.24) is 10.7 Å². The number of fused-ring (bicyclic) bond motifs is 1. The number of anilines is 1. The minimum absolute atomic E-state index is 0.0547. The van der Waals surface area contributed by atoms with Gasteiger partial charge in [-0.3, -0.25) is 10.2 Å². The Kier molecular flexibility index (Phi) is 5.76. The van der Waals surface area contributed by atoms with E-state index in [0.29, 0.717) is 34.4 Å². The van der Waals surface area contributed by atoms with Gasteiger partial charge in [-0.2, -0.15) is 5.10 Å². The molecule has 0 saturated heterocycles. The third-order valence-corrected chi connectivity index (χ3v) is 5.59. The van der Waals surface area contributed by atoms with Crippen LogP contribution in [0.25, 0.3) is 0 Å². The van der Waals surface area contributed by atoms with Crippen LogP contribution in [0.4, 0.5) is 5.69 Å². The van der Waals surface area contributed by atoms with Gasteiger partial charge in [0.15, 0.2) is 11.7 Å². The van der Waals surface area contributed by atoms with Gasteiger partial charge in [0, 0.05) is 6.04 Å². The summed E-state index contributed by atoms with van der Waals surface area (Å²) < 4.78 is 5.37. The molecule has 1 aromatic carbocycles. The second-order valence-corrected chi connectivity index (χ2v) is 7.61. The zero-order valence-corrected chi connectivity index (χ0v) is 16.3. The van der Waals surface area contributed by atoms with Gasteiger partial charge < -0.3 is 15.4 Å². The van der Waals surface area contributed by atoms with Crippen LogP contribution in [0.3, 0.4) is 0 Å². The highest BCUT2D eigenvalue weighted by Crippen LogP contribution is 2.30. The molecule has 140 valence electrons. The minimum Gasteiger partial charge on any atom is -0.482 e. The number of nitrogens with one attached hydrogen (secondary N) is 3. The number of carbonyl (C=O) groups excluding carboxylic acids is 1. The van der Waals surface area contributed by atoms with Crippen molar-refractivity contribution in [2.24, 2.45) is 16.9 Å². The smallest absolute Gasteiger partial charge is 0.262 e. The van der Waals surface area contributed by atoms with E-state index in [1.165, 1.54) is 12.8 Å². The Labute approximate surface area is 159 Å². The van der Waals surface area contributed by atoms with E-state index < -0.39 is 0 Å². The predicted octanol–water partition coefficient (Wildman–Crippen LogP) is 3.03. The molecular weight excluding hydrogens is 348 g/mol. The van der Waals surface area contributed by atoms with Crippen molar-refractivity contribution in [3.05, 3.63) is 23.8 Å². The molecule has 1 heterocycles. The first-order chi connectivity index (χ1) is 12.4. The Morgan fingerprint density at radius 1 is 1.35 bits per heavy atom. The van der Waals surface area contributed by atoms with Gasteiger partial charge in [0.25, 0.3) is 5.91 Å².